The van der Waals surface area contributed by atoms with E-state index in [4.69, 9.17) is 17.3 Å². The lowest BCUT2D eigenvalue weighted by molar-refractivity contribution is 0.277. The van der Waals surface area contributed by atoms with Gasteiger partial charge in [-0.25, -0.2) is 0 Å². The fraction of sp³-hybridized carbons (Fsp3) is 0.455. The molecule has 2 nitrogen and oxygen atoms in total. The average Bonchev–Trinajstić information content (AvgIpc) is 2.17. The van der Waals surface area contributed by atoms with Crippen molar-refractivity contribution in [3.8, 4) is 0 Å². The lowest BCUT2D eigenvalue weighted by Crippen LogP contribution is -2.33. The summed E-state index contributed by atoms with van der Waals surface area (Å²) in [6.07, 6.45) is 0.821. The van der Waals surface area contributed by atoms with Crippen LogP contribution >= 0.6 is 11.6 Å². The Morgan fingerprint density at radius 2 is 2.14 bits per heavy atom. The molecule has 1 unspecified atom stereocenters. The van der Waals surface area contributed by atoms with Crippen molar-refractivity contribution >= 4 is 11.6 Å². The Hall–Kier alpha value is -0.570. The summed E-state index contributed by atoms with van der Waals surface area (Å²) in [7, 11) is 0. The van der Waals surface area contributed by atoms with Gasteiger partial charge in [0.15, 0.2) is 0 Å². The standard InChI is InChI=1S/C11H16ClNO/c1-3-11(2,13)10-5-4-9(12)6-8(10)7-14/h4-6,14H,3,7,13H2,1-2H3. The molecule has 0 aliphatic rings. The third-order valence-corrected chi connectivity index (χ3v) is 2.82. The minimum Gasteiger partial charge on any atom is -0.392 e. The van der Waals surface area contributed by atoms with Gasteiger partial charge in [-0.1, -0.05) is 24.6 Å². The van der Waals surface area contributed by atoms with Crippen LogP contribution in [0.15, 0.2) is 18.2 Å². The summed E-state index contributed by atoms with van der Waals surface area (Å²) in [6.45, 7) is 3.95. The fourth-order valence-electron chi connectivity index (χ4n) is 1.44. The average molecular weight is 214 g/mol. The molecule has 0 radical (unpaired) electrons. The maximum atomic E-state index is 9.19. The van der Waals surface area contributed by atoms with Gasteiger partial charge in [-0.3, -0.25) is 0 Å². The van der Waals surface area contributed by atoms with Crippen LogP contribution in [0.25, 0.3) is 0 Å². The normalized spacial score (nSPS) is 15.2. The van der Waals surface area contributed by atoms with Crippen molar-refractivity contribution in [3.05, 3.63) is 34.3 Å². The lowest BCUT2D eigenvalue weighted by Gasteiger charge is -2.25. The van der Waals surface area contributed by atoms with Crippen molar-refractivity contribution in [2.24, 2.45) is 5.73 Å². The third kappa shape index (κ3) is 2.27. The van der Waals surface area contributed by atoms with E-state index in [1.54, 1.807) is 12.1 Å². The molecule has 0 saturated carbocycles. The van der Waals surface area contributed by atoms with Gasteiger partial charge in [-0.15, -0.1) is 0 Å². The summed E-state index contributed by atoms with van der Waals surface area (Å²) < 4.78 is 0. The van der Waals surface area contributed by atoms with Crippen molar-refractivity contribution in [1.82, 2.24) is 0 Å². The van der Waals surface area contributed by atoms with Gasteiger partial charge in [0.05, 0.1) is 6.61 Å². The van der Waals surface area contributed by atoms with Crippen molar-refractivity contribution < 1.29 is 5.11 Å². The predicted octanol–water partition coefficient (Wildman–Crippen LogP) is 2.42. The third-order valence-electron chi connectivity index (χ3n) is 2.59. The fourth-order valence-corrected chi connectivity index (χ4v) is 1.64. The van der Waals surface area contributed by atoms with Gasteiger partial charge in [-0.2, -0.15) is 0 Å². The van der Waals surface area contributed by atoms with E-state index >= 15 is 0 Å². The Morgan fingerprint density at radius 1 is 1.50 bits per heavy atom. The van der Waals surface area contributed by atoms with Gasteiger partial charge < -0.3 is 10.8 Å². The molecular formula is C11H16ClNO. The molecule has 0 amide bonds. The zero-order valence-electron chi connectivity index (χ0n) is 8.55. The molecular weight excluding hydrogens is 198 g/mol. The highest BCUT2D eigenvalue weighted by Gasteiger charge is 2.21. The molecule has 0 aliphatic heterocycles. The van der Waals surface area contributed by atoms with Crippen LogP contribution in [0.3, 0.4) is 0 Å². The molecule has 0 bridgehead atoms. The molecule has 0 aliphatic carbocycles. The number of aliphatic hydroxyl groups excluding tert-OH is 1. The molecule has 0 saturated heterocycles. The van der Waals surface area contributed by atoms with Gasteiger partial charge in [0.25, 0.3) is 0 Å². The number of rotatable bonds is 3. The zero-order chi connectivity index (χ0) is 10.8. The molecule has 0 fully saturated rings. The van der Waals surface area contributed by atoms with E-state index in [1.807, 2.05) is 19.9 Å². The smallest absolute Gasteiger partial charge is 0.0685 e. The number of halogens is 1. The van der Waals surface area contributed by atoms with E-state index < -0.39 is 5.54 Å². The second-order valence-corrected chi connectivity index (χ2v) is 4.17. The highest BCUT2D eigenvalue weighted by molar-refractivity contribution is 6.30. The van der Waals surface area contributed by atoms with Crippen LogP contribution < -0.4 is 5.73 Å². The molecule has 3 heteroatoms. The number of hydrogen-bond acceptors (Lipinski definition) is 2. The van der Waals surface area contributed by atoms with Crippen LogP contribution in [0, 0.1) is 0 Å². The Balaban J connectivity index is 3.20. The summed E-state index contributed by atoms with van der Waals surface area (Å²) >= 11 is 5.84. The lowest BCUT2D eigenvalue weighted by atomic mass is 9.87. The molecule has 0 aromatic heterocycles. The molecule has 78 valence electrons. The molecule has 0 spiro atoms. The summed E-state index contributed by atoms with van der Waals surface area (Å²) in [6, 6.07) is 5.45. The summed E-state index contributed by atoms with van der Waals surface area (Å²) in [5.74, 6) is 0. The van der Waals surface area contributed by atoms with E-state index in [0.717, 1.165) is 17.5 Å². The molecule has 1 rings (SSSR count). The van der Waals surface area contributed by atoms with Crippen LogP contribution in [0.5, 0.6) is 0 Å². The van der Waals surface area contributed by atoms with Crippen LogP contribution in [-0.2, 0) is 12.1 Å². The van der Waals surface area contributed by atoms with Crippen LogP contribution in [0.2, 0.25) is 5.02 Å². The zero-order valence-corrected chi connectivity index (χ0v) is 9.30. The van der Waals surface area contributed by atoms with Crippen LogP contribution in [-0.4, -0.2) is 5.11 Å². The van der Waals surface area contributed by atoms with E-state index in [0.29, 0.717) is 5.02 Å². The van der Waals surface area contributed by atoms with Gasteiger partial charge >= 0.3 is 0 Å². The molecule has 1 atom stereocenters. The first-order valence-electron chi connectivity index (χ1n) is 4.70. The van der Waals surface area contributed by atoms with Crippen molar-refractivity contribution in [2.45, 2.75) is 32.4 Å². The van der Waals surface area contributed by atoms with E-state index in [2.05, 4.69) is 0 Å². The monoisotopic (exact) mass is 213 g/mol. The first-order chi connectivity index (χ1) is 6.51. The molecule has 1 aromatic rings. The molecule has 14 heavy (non-hydrogen) atoms. The highest BCUT2D eigenvalue weighted by Crippen LogP contribution is 2.27. The number of hydrogen-bond donors (Lipinski definition) is 2. The van der Waals surface area contributed by atoms with Gasteiger partial charge in [-0.05, 0) is 36.6 Å². The number of nitrogens with two attached hydrogens (primary N) is 1. The summed E-state index contributed by atoms with van der Waals surface area (Å²) in [5.41, 5.74) is 7.48. The maximum Gasteiger partial charge on any atom is 0.0685 e. The Morgan fingerprint density at radius 3 is 2.64 bits per heavy atom. The molecule has 0 heterocycles. The Labute approximate surface area is 89.7 Å². The van der Waals surface area contributed by atoms with Gasteiger partial charge in [0, 0.05) is 10.6 Å². The topological polar surface area (TPSA) is 46.2 Å². The Kier molecular flexibility index (Phi) is 3.53. The molecule has 3 N–H and O–H groups in total. The minimum absolute atomic E-state index is 0.0251. The predicted molar refractivity (Wildman–Crippen MR) is 59.2 cm³/mol. The number of benzene rings is 1. The summed E-state index contributed by atoms with van der Waals surface area (Å²) in [5, 5.41) is 9.82. The second kappa shape index (κ2) is 4.30. The van der Waals surface area contributed by atoms with E-state index in [1.165, 1.54) is 0 Å². The van der Waals surface area contributed by atoms with Crippen molar-refractivity contribution in [3.63, 3.8) is 0 Å². The first-order valence-corrected chi connectivity index (χ1v) is 5.07. The number of aliphatic hydroxyl groups is 1. The van der Waals surface area contributed by atoms with Gasteiger partial charge in [0.1, 0.15) is 0 Å². The largest absolute Gasteiger partial charge is 0.392 e. The maximum absolute atomic E-state index is 9.19. The van der Waals surface area contributed by atoms with Crippen molar-refractivity contribution in [2.75, 3.05) is 0 Å². The van der Waals surface area contributed by atoms with Gasteiger partial charge in [0.2, 0.25) is 0 Å². The molecule has 1 aromatic carbocycles. The minimum atomic E-state index is -0.400. The van der Waals surface area contributed by atoms with Crippen LogP contribution in [0.4, 0.5) is 0 Å². The first kappa shape index (κ1) is 11.5. The highest BCUT2D eigenvalue weighted by atomic mass is 35.5. The second-order valence-electron chi connectivity index (χ2n) is 3.73. The summed E-state index contributed by atoms with van der Waals surface area (Å²) in [4.78, 5) is 0. The quantitative estimate of drug-likeness (QED) is 0.810. The Bertz CT molecular complexity index is 323. The van der Waals surface area contributed by atoms with E-state index in [-0.39, 0.29) is 6.61 Å². The van der Waals surface area contributed by atoms with Crippen LogP contribution in [0.1, 0.15) is 31.4 Å². The van der Waals surface area contributed by atoms with Crippen molar-refractivity contribution in [1.29, 1.82) is 0 Å². The van der Waals surface area contributed by atoms with E-state index in [9.17, 15) is 5.11 Å². The SMILES string of the molecule is CCC(C)(N)c1ccc(Cl)cc1CO.